The number of halogens is 2. The summed E-state index contributed by atoms with van der Waals surface area (Å²) in [6.45, 7) is 4.43. The second kappa shape index (κ2) is 24.8. The minimum atomic E-state index is -0.889. The predicted molar refractivity (Wildman–Crippen MR) is 129 cm³/mol. The van der Waals surface area contributed by atoms with Gasteiger partial charge in [-0.1, -0.05) is 117 Å². The second-order valence-electron chi connectivity index (χ2n) is 8.14. The van der Waals surface area contributed by atoms with Crippen molar-refractivity contribution < 1.29 is 19.8 Å². The molecule has 180 valence electrons. The van der Waals surface area contributed by atoms with Crippen molar-refractivity contribution in [3.63, 3.8) is 0 Å². The van der Waals surface area contributed by atoms with Crippen LogP contribution in [0.1, 0.15) is 129 Å². The van der Waals surface area contributed by atoms with Crippen LogP contribution in [0.15, 0.2) is 0 Å². The first kappa shape index (κ1) is 31.7. The summed E-state index contributed by atoms with van der Waals surface area (Å²) in [7, 11) is 0. The molecule has 0 bridgehead atoms. The van der Waals surface area contributed by atoms with E-state index in [4.69, 9.17) is 33.4 Å². The lowest BCUT2D eigenvalue weighted by Crippen LogP contribution is -2.12. The number of hydrogen-bond acceptors (Lipinski definition) is 2. The molecular formula is C24H46Cl2O4. The molecule has 2 atom stereocenters. The van der Waals surface area contributed by atoms with Gasteiger partial charge in [0.15, 0.2) is 0 Å². The molecule has 0 aromatic carbocycles. The molecule has 0 aliphatic rings. The average molecular weight is 470 g/mol. The fraction of sp³-hybridized carbons (Fsp3) is 0.917. The Kier molecular flexibility index (Phi) is 26.2. The highest BCUT2D eigenvalue weighted by Gasteiger charge is 2.12. The minimum absolute atomic E-state index is 0.603. The Morgan fingerprint density at radius 3 is 1.00 bits per heavy atom. The van der Waals surface area contributed by atoms with Crippen molar-refractivity contribution in [3.05, 3.63) is 0 Å². The van der Waals surface area contributed by atoms with E-state index in [1.165, 1.54) is 77.0 Å². The number of unbranched alkanes of at least 4 members (excludes halogenated alkanes) is 14. The molecule has 0 rings (SSSR count). The van der Waals surface area contributed by atoms with Gasteiger partial charge in [0.25, 0.3) is 0 Å². The van der Waals surface area contributed by atoms with Crippen LogP contribution in [0.25, 0.3) is 0 Å². The Labute approximate surface area is 195 Å². The number of carbonyl (C=O) groups is 2. The highest BCUT2D eigenvalue weighted by molar-refractivity contribution is 6.29. The first-order valence-corrected chi connectivity index (χ1v) is 13.0. The Morgan fingerprint density at radius 1 is 0.533 bits per heavy atom. The third-order valence-electron chi connectivity index (χ3n) is 5.16. The summed E-state index contributed by atoms with van der Waals surface area (Å²) in [6.07, 6.45) is 20.8. The maximum Gasteiger partial charge on any atom is 0.321 e. The first-order chi connectivity index (χ1) is 14.4. The van der Waals surface area contributed by atoms with Crippen LogP contribution >= 0.6 is 23.2 Å². The van der Waals surface area contributed by atoms with E-state index >= 15 is 0 Å². The number of hydrogen-bond donors (Lipinski definition) is 2. The molecule has 0 saturated heterocycles. The normalized spacial score (nSPS) is 12.7. The van der Waals surface area contributed by atoms with E-state index in [1.54, 1.807) is 0 Å². The summed E-state index contributed by atoms with van der Waals surface area (Å²) < 4.78 is 0. The van der Waals surface area contributed by atoms with Gasteiger partial charge in [0.05, 0.1) is 0 Å². The second-order valence-corrected chi connectivity index (χ2v) is 9.19. The Balaban J connectivity index is 0. The van der Waals surface area contributed by atoms with Crippen LogP contribution in [0.2, 0.25) is 0 Å². The van der Waals surface area contributed by atoms with Crippen molar-refractivity contribution in [1.29, 1.82) is 0 Å². The van der Waals surface area contributed by atoms with Crippen LogP contribution in [0, 0.1) is 0 Å². The van der Waals surface area contributed by atoms with Gasteiger partial charge in [-0.15, -0.1) is 23.2 Å². The van der Waals surface area contributed by atoms with Crippen LogP contribution in [0.4, 0.5) is 0 Å². The van der Waals surface area contributed by atoms with Crippen LogP contribution in [-0.4, -0.2) is 32.9 Å². The number of aliphatic carboxylic acids is 2. The fourth-order valence-corrected chi connectivity index (χ4v) is 3.47. The van der Waals surface area contributed by atoms with Gasteiger partial charge in [-0.3, -0.25) is 9.59 Å². The summed E-state index contributed by atoms with van der Waals surface area (Å²) in [5, 5.41) is 15.7. The quantitative estimate of drug-likeness (QED) is 0.139. The van der Waals surface area contributed by atoms with Gasteiger partial charge in [0.2, 0.25) is 0 Å². The van der Waals surface area contributed by atoms with E-state index in [-0.39, 0.29) is 0 Å². The Morgan fingerprint density at radius 2 is 0.767 bits per heavy atom. The average Bonchev–Trinajstić information content (AvgIpc) is 2.71. The molecule has 0 fully saturated rings. The van der Waals surface area contributed by atoms with Crippen LogP contribution in [-0.2, 0) is 9.59 Å². The van der Waals surface area contributed by atoms with Crippen molar-refractivity contribution >= 4 is 35.1 Å². The van der Waals surface area contributed by atoms with E-state index in [9.17, 15) is 9.59 Å². The molecule has 0 aliphatic heterocycles. The molecule has 30 heavy (non-hydrogen) atoms. The standard InChI is InChI=1S/2C12H23ClO2/c2*1-2-3-4-5-6-7-8-9-10-11(13)12(14)15/h2*11H,2-10H2,1H3,(H,14,15). The van der Waals surface area contributed by atoms with E-state index in [0.29, 0.717) is 12.8 Å². The van der Waals surface area contributed by atoms with Gasteiger partial charge in [0, 0.05) is 0 Å². The Bertz CT molecular complexity index is 355. The highest BCUT2D eigenvalue weighted by atomic mass is 35.5. The summed E-state index contributed by atoms with van der Waals surface area (Å²) in [6, 6.07) is 0. The number of rotatable bonds is 20. The maximum atomic E-state index is 10.4. The molecule has 2 N–H and O–H groups in total. The van der Waals surface area contributed by atoms with E-state index < -0.39 is 22.7 Å². The minimum Gasteiger partial charge on any atom is -0.480 e. The lowest BCUT2D eigenvalue weighted by molar-refractivity contribution is -0.137. The molecule has 2 unspecified atom stereocenters. The monoisotopic (exact) mass is 468 g/mol. The molecule has 0 aliphatic carbocycles. The predicted octanol–water partition coefficient (Wildman–Crippen LogP) is 8.42. The van der Waals surface area contributed by atoms with Crippen LogP contribution < -0.4 is 0 Å². The molecule has 0 amide bonds. The van der Waals surface area contributed by atoms with E-state index in [0.717, 1.165) is 25.7 Å². The third kappa shape index (κ3) is 25.6. The van der Waals surface area contributed by atoms with Crippen molar-refractivity contribution in [2.45, 2.75) is 140 Å². The molecule has 0 aromatic heterocycles. The number of carboxylic acids is 2. The van der Waals surface area contributed by atoms with Gasteiger partial charge >= 0.3 is 11.9 Å². The first-order valence-electron chi connectivity index (χ1n) is 12.1. The molecule has 0 spiro atoms. The topological polar surface area (TPSA) is 74.6 Å². The molecular weight excluding hydrogens is 423 g/mol. The fourth-order valence-electron chi connectivity index (χ4n) is 3.16. The van der Waals surface area contributed by atoms with Crippen molar-refractivity contribution in [3.8, 4) is 0 Å². The van der Waals surface area contributed by atoms with E-state index in [1.807, 2.05) is 0 Å². The summed E-state index contributed by atoms with van der Waals surface area (Å²) >= 11 is 11.2. The summed E-state index contributed by atoms with van der Waals surface area (Å²) in [5.74, 6) is -1.78. The Hall–Kier alpha value is -0.480. The molecule has 0 heterocycles. The van der Waals surface area contributed by atoms with Gasteiger partial charge in [-0.25, -0.2) is 0 Å². The lowest BCUT2D eigenvalue weighted by Gasteiger charge is -2.03. The summed E-state index contributed by atoms with van der Waals surface area (Å²) in [4.78, 5) is 20.8. The van der Waals surface area contributed by atoms with Gasteiger partial charge < -0.3 is 10.2 Å². The summed E-state index contributed by atoms with van der Waals surface area (Å²) in [5.41, 5.74) is 0. The van der Waals surface area contributed by atoms with Gasteiger partial charge in [-0.05, 0) is 12.8 Å². The molecule has 0 radical (unpaired) electrons. The van der Waals surface area contributed by atoms with Crippen molar-refractivity contribution in [2.75, 3.05) is 0 Å². The molecule has 0 saturated carbocycles. The molecule has 4 nitrogen and oxygen atoms in total. The SMILES string of the molecule is CCCCCCCCCCC(Cl)C(=O)O.CCCCCCCCCCC(Cl)C(=O)O. The van der Waals surface area contributed by atoms with Gasteiger partial charge in [-0.2, -0.15) is 0 Å². The maximum absolute atomic E-state index is 10.4. The molecule has 0 aromatic rings. The zero-order chi connectivity index (χ0) is 23.0. The number of carboxylic acid groups (broad SMARTS) is 2. The molecule has 6 heteroatoms. The largest absolute Gasteiger partial charge is 0.480 e. The van der Waals surface area contributed by atoms with E-state index in [2.05, 4.69) is 13.8 Å². The smallest absolute Gasteiger partial charge is 0.321 e. The number of alkyl halides is 2. The van der Waals surface area contributed by atoms with Gasteiger partial charge in [0.1, 0.15) is 10.8 Å². The lowest BCUT2D eigenvalue weighted by atomic mass is 10.1. The van der Waals surface area contributed by atoms with Crippen LogP contribution in [0.5, 0.6) is 0 Å². The zero-order valence-corrected chi connectivity index (χ0v) is 20.9. The zero-order valence-electron chi connectivity index (χ0n) is 19.3. The third-order valence-corrected chi connectivity index (χ3v) is 5.97. The highest BCUT2D eigenvalue weighted by Crippen LogP contribution is 2.14. The van der Waals surface area contributed by atoms with Crippen molar-refractivity contribution in [1.82, 2.24) is 0 Å². The van der Waals surface area contributed by atoms with Crippen LogP contribution in [0.3, 0.4) is 0 Å². The van der Waals surface area contributed by atoms with Crippen molar-refractivity contribution in [2.24, 2.45) is 0 Å².